The Hall–Kier alpha value is -1.57. The maximum absolute atomic E-state index is 12.0. The fraction of sp³-hybridized carbons (Fsp3) is 0.417. The van der Waals surface area contributed by atoms with Gasteiger partial charge in [-0.15, -0.1) is 0 Å². The van der Waals surface area contributed by atoms with E-state index in [4.69, 9.17) is 23.2 Å². The van der Waals surface area contributed by atoms with Crippen LogP contribution in [-0.4, -0.2) is 43.6 Å². The van der Waals surface area contributed by atoms with E-state index >= 15 is 0 Å². The van der Waals surface area contributed by atoms with Gasteiger partial charge in [-0.3, -0.25) is 14.9 Å². The Balaban J connectivity index is 2.49. The second-order valence-corrected chi connectivity index (χ2v) is 5.35. The predicted octanol–water partition coefficient (Wildman–Crippen LogP) is 1.43. The molecule has 9 heteroatoms. The summed E-state index contributed by atoms with van der Waals surface area (Å²) in [5, 5.41) is 17.2. The summed E-state index contributed by atoms with van der Waals surface area (Å²) in [4.78, 5) is 24.3. The molecule has 114 valence electrons. The smallest absolute Gasteiger partial charge is 0.294 e. The molecule has 0 spiro atoms. The average Bonchev–Trinajstić information content (AvgIpc) is 2.48. The average molecular weight is 333 g/mol. The van der Waals surface area contributed by atoms with Gasteiger partial charge >= 0.3 is 0 Å². The zero-order valence-corrected chi connectivity index (χ0v) is 12.7. The van der Waals surface area contributed by atoms with Crippen LogP contribution in [0.5, 0.6) is 0 Å². The van der Waals surface area contributed by atoms with Gasteiger partial charge in [0.05, 0.1) is 15.0 Å². The summed E-state index contributed by atoms with van der Waals surface area (Å²) in [5.74, 6) is -0.220. The zero-order chi connectivity index (χ0) is 15.6. The summed E-state index contributed by atoms with van der Waals surface area (Å²) in [5.41, 5.74) is 0.129. The van der Waals surface area contributed by atoms with E-state index in [1.54, 1.807) is 4.90 Å². The number of hydrogen-bond acceptors (Lipinski definition) is 5. The molecule has 1 aliphatic rings. The van der Waals surface area contributed by atoms with Crippen LogP contribution in [0.3, 0.4) is 0 Å². The molecule has 1 unspecified atom stereocenters. The Labute approximate surface area is 131 Å². The molecule has 0 radical (unpaired) electrons. The van der Waals surface area contributed by atoms with E-state index in [0.717, 1.165) is 0 Å². The van der Waals surface area contributed by atoms with Gasteiger partial charge in [-0.05, 0) is 6.07 Å². The quantitative estimate of drug-likeness (QED) is 0.645. The van der Waals surface area contributed by atoms with Crippen LogP contribution in [0.15, 0.2) is 12.1 Å². The lowest BCUT2D eigenvalue weighted by Gasteiger charge is -2.36. The zero-order valence-electron chi connectivity index (χ0n) is 11.2. The number of hydrogen-bond donors (Lipinski definition) is 2. The maximum atomic E-state index is 12.0. The number of rotatable bonds is 3. The summed E-state index contributed by atoms with van der Waals surface area (Å²) in [6.07, 6.45) is 0. The van der Waals surface area contributed by atoms with E-state index in [2.05, 4.69) is 10.6 Å². The van der Waals surface area contributed by atoms with E-state index in [-0.39, 0.29) is 21.6 Å². The van der Waals surface area contributed by atoms with Crippen molar-refractivity contribution in [3.05, 3.63) is 32.3 Å². The topological polar surface area (TPSA) is 87.5 Å². The second kappa shape index (κ2) is 6.46. The molecule has 1 aromatic carbocycles. The molecule has 1 saturated heterocycles. The molecule has 1 aromatic rings. The summed E-state index contributed by atoms with van der Waals surface area (Å²) in [6, 6.07) is 2.10. The van der Waals surface area contributed by atoms with Gasteiger partial charge in [0.25, 0.3) is 5.69 Å². The van der Waals surface area contributed by atoms with E-state index in [0.29, 0.717) is 25.3 Å². The lowest BCUT2D eigenvalue weighted by Crippen LogP contribution is -2.57. The highest BCUT2D eigenvalue weighted by Crippen LogP contribution is 2.37. The minimum atomic E-state index is -0.542. The normalized spacial score (nSPS) is 18.4. The molecule has 0 saturated carbocycles. The number of carbonyl (C=O) groups excluding carboxylic acids is 1. The molecule has 1 aliphatic heterocycles. The largest absolute Gasteiger partial charge is 0.357 e. The Morgan fingerprint density at radius 3 is 2.76 bits per heavy atom. The van der Waals surface area contributed by atoms with Crippen LogP contribution in [-0.2, 0) is 4.79 Å². The van der Waals surface area contributed by atoms with Gasteiger partial charge in [-0.1, -0.05) is 23.2 Å². The number of nitrogens with zero attached hydrogens (tertiary/aromatic N) is 2. The summed E-state index contributed by atoms with van der Waals surface area (Å²) >= 11 is 11.8. The van der Waals surface area contributed by atoms with Crippen molar-refractivity contribution in [1.82, 2.24) is 10.6 Å². The van der Waals surface area contributed by atoms with Crippen LogP contribution >= 0.6 is 23.2 Å². The molecule has 1 fully saturated rings. The van der Waals surface area contributed by atoms with E-state index in [9.17, 15) is 14.9 Å². The number of nitro benzene ring substituents is 1. The molecule has 2 rings (SSSR count). The third-order valence-electron chi connectivity index (χ3n) is 3.32. The monoisotopic (exact) mass is 332 g/mol. The third kappa shape index (κ3) is 3.20. The predicted molar refractivity (Wildman–Crippen MR) is 81.2 cm³/mol. The Morgan fingerprint density at radius 1 is 1.48 bits per heavy atom. The molecule has 0 aromatic heterocycles. The van der Waals surface area contributed by atoms with Gasteiger partial charge in [-0.25, -0.2) is 0 Å². The number of amides is 1. The first kappa shape index (κ1) is 15.8. The Morgan fingerprint density at radius 2 is 2.14 bits per heavy atom. The third-order valence-corrected chi connectivity index (χ3v) is 4.04. The van der Waals surface area contributed by atoms with Crippen molar-refractivity contribution in [1.29, 1.82) is 0 Å². The van der Waals surface area contributed by atoms with Gasteiger partial charge in [0.15, 0.2) is 0 Å². The van der Waals surface area contributed by atoms with Crippen LogP contribution in [0.1, 0.15) is 0 Å². The Bertz CT molecular complexity index is 582. The van der Waals surface area contributed by atoms with Crippen LogP contribution in [0, 0.1) is 10.1 Å². The van der Waals surface area contributed by atoms with Gasteiger partial charge in [0, 0.05) is 32.7 Å². The van der Waals surface area contributed by atoms with Crippen LogP contribution in [0.2, 0.25) is 10.0 Å². The Kier molecular flexibility index (Phi) is 4.87. The van der Waals surface area contributed by atoms with Crippen molar-refractivity contribution in [2.24, 2.45) is 0 Å². The minimum absolute atomic E-state index is 0.110. The van der Waals surface area contributed by atoms with Crippen molar-refractivity contribution >= 4 is 40.5 Å². The minimum Gasteiger partial charge on any atom is -0.357 e. The molecular weight excluding hydrogens is 319 g/mol. The highest BCUT2D eigenvalue weighted by Gasteiger charge is 2.32. The fourth-order valence-electron chi connectivity index (χ4n) is 2.30. The molecule has 1 amide bonds. The van der Waals surface area contributed by atoms with E-state index < -0.39 is 11.0 Å². The van der Waals surface area contributed by atoms with Crippen LogP contribution in [0.4, 0.5) is 11.4 Å². The first-order valence-electron chi connectivity index (χ1n) is 6.28. The van der Waals surface area contributed by atoms with Gasteiger partial charge in [-0.2, -0.15) is 0 Å². The summed E-state index contributed by atoms with van der Waals surface area (Å²) in [7, 11) is 1.53. The highest BCUT2D eigenvalue weighted by atomic mass is 35.5. The van der Waals surface area contributed by atoms with Gasteiger partial charge in [0.1, 0.15) is 11.7 Å². The number of anilines is 1. The number of benzene rings is 1. The SMILES string of the molecule is CNC(=O)C1CNCCN1c1cc(Cl)c(Cl)cc1[N+](=O)[O-]. The second-order valence-electron chi connectivity index (χ2n) is 4.54. The summed E-state index contributed by atoms with van der Waals surface area (Å²) in [6.45, 7) is 1.47. The fourth-order valence-corrected chi connectivity index (χ4v) is 2.61. The van der Waals surface area contributed by atoms with E-state index in [1.807, 2.05) is 0 Å². The van der Waals surface area contributed by atoms with Gasteiger partial charge < -0.3 is 15.5 Å². The first-order chi connectivity index (χ1) is 9.95. The molecule has 2 N–H and O–H groups in total. The lowest BCUT2D eigenvalue weighted by atomic mass is 10.1. The molecule has 1 atom stereocenters. The molecule has 21 heavy (non-hydrogen) atoms. The van der Waals surface area contributed by atoms with Crippen LogP contribution in [0.25, 0.3) is 0 Å². The standard InChI is InChI=1S/C12H14Cl2N4O3/c1-15-12(19)11-6-16-2-3-17(11)9-4-7(13)8(14)5-10(9)18(20)21/h4-5,11,16H,2-3,6H2,1H3,(H,15,19). The van der Waals surface area contributed by atoms with E-state index in [1.165, 1.54) is 19.2 Å². The van der Waals surface area contributed by atoms with Crippen molar-refractivity contribution in [2.75, 3.05) is 31.6 Å². The number of piperazine rings is 1. The number of nitrogens with one attached hydrogen (secondary N) is 2. The summed E-state index contributed by atoms with van der Waals surface area (Å²) < 4.78 is 0. The molecule has 1 heterocycles. The molecule has 0 bridgehead atoms. The maximum Gasteiger partial charge on any atom is 0.294 e. The molecular formula is C12H14Cl2N4O3. The number of halogens is 2. The van der Waals surface area contributed by atoms with Gasteiger partial charge in [0.2, 0.25) is 5.91 Å². The van der Waals surface area contributed by atoms with Crippen molar-refractivity contribution in [3.63, 3.8) is 0 Å². The van der Waals surface area contributed by atoms with Crippen molar-refractivity contribution < 1.29 is 9.72 Å². The van der Waals surface area contributed by atoms with Crippen molar-refractivity contribution in [2.45, 2.75) is 6.04 Å². The number of carbonyl (C=O) groups is 1. The van der Waals surface area contributed by atoms with Crippen LogP contribution < -0.4 is 15.5 Å². The highest BCUT2D eigenvalue weighted by molar-refractivity contribution is 6.42. The molecule has 0 aliphatic carbocycles. The number of nitro groups is 1. The molecule has 7 nitrogen and oxygen atoms in total. The first-order valence-corrected chi connectivity index (χ1v) is 7.03. The lowest BCUT2D eigenvalue weighted by molar-refractivity contribution is -0.384. The number of likely N-dealkylation sites (N-methyl/N-ethyl adjacent to an activating group) is 1. The van der Waals surface area contributed by atoms with Crippen molar-refractivity contribution in [3.8, 4) is 0 Å².